The zero-order chi connectivity index (χ0) is 12.3. The first kappa shape index (κ1) is 12.8. The van der Waals surface area contributed by atoms with Gasteiger partial charge in [0, 0.05) is 11.0 Å². The molecule has 1 saturated carbocycles. The molecule has 1 atom stereocenters. The van der Waals surface area contributed by atoms with Gasteiger partial charge in [-0.3, -0.25) is 0 Å². The van der Waals surface area contributed by atoms with E-state index in [1.807, 2.05) is 0 Å². The largest absolute Gasteiger partial charge is 0.387 e. The van der Waals surface area contributed by atoms with E-state index in [-0.39, 0.29) is 5.56 Å². The van der Waals surface area contributed by atoms with Crippen molar-refractivity contribution in [3.8, 4) is 0 Å². The summed E-state index contributed by atoms with van der Waals surface area (Å²) < 4.78 is 26.8. The van der Waals surface area contributed by atoms with E-state index in [0.29, 0.717) is 11.0 Å². The number of aliphatic hydroxyl groups excluding tert-OH is 1. The average Bonchev–Trinajstić information content (AvgIpc) is 2.79. The average molecular weight is 258 g/mol. The smallest absolute Gasteiger partial charge is 0.131 e. The Morgan fingerprint density at radius 1 is 1.24 bits per heavy atom. The van der Waals surface area contributed by atoms with Crippen molar-refractivity contribution in [2.75, 3.05) is 5.75 Å². The topological polar surface area (TPSA) is 20.2 Å². The molecular formula is C13H16F2OS. The van der Waals surface area contributed by atoms with Crippen molar-refractivity contribution < 1.29 is 13.9 Å². The third-order valence-corrected chi connectivity index (χ3v) is 4.58. The molecule has 2 rings (SSSR count). The second-order valence-electron chi connectivity index (χ2n) is 4.39. The number of hydrogen-bond acceptors (Lipinski definition) is 2. The first-order valence-corrected chi connectivity index (χ1v) is 6.97. The van der Waals surface area contributed by atoms with E-state index < -0.39 is 17.7 Å². The minimum Gasteiger partial charge on any atom is -0.387 e. The van der Waals surface area contributed by atoms with Gasteiger partial charge in [0.15, 0.2) is 0 Å². The van der Waals surface area contributed by atoms with Gasteiger partial charge in [-0.15, -0.1) is 0 Å². The van der Waals surface area contributed by atoms with Crippen LogP contribution in [0, 0.1) is 11.6 Å². The standard InChI is InChI=1S/C13H16F2OS/c14-10-6-3-7-11(15)13(10)12(16)8-17-9-4-1-2-5-9/h3,6-7,9,12,16H,1-2,4-5,8H2. The van der Waals surface area contributed by atoms with Gasteiger partial charge in [0.05, 0.1) is 11.7 Å². The third-order valence-electron chi connectivity index (χ3n) is 3.12. The maximum Gasteiger partial charge on any atom is 0.131 e. The fourth-order valence-corrected chi connectivity index (χ4v) is 3.48. The van der Waals surface area contributed by atoms with Gasteiger partial charge in [0.1, 0.15) is 11.6 Å². The summed E-state index contributed by atoms with van der Waals surface area (Å²) in [7, 11) is 0. The van der Waals surface area contributed by atoms with Crippen LogP contribution < -0.4 is 0 Å². The van der Waals surface area contributed by atoms with E-state index in [1.54, 1.807) is 11.8 Å². The lowest BCUT2D eigenvalue weighted by molar-refractivity contribution is 0.193. The number of thioether (sulfide) groups is 1. The number of halogens is 2. The Morgan fingerprint density at radius 3 is 2.41 bits per heavy atom. The molecule has 0 spiro atoms. The van der Waals surface area contributed by atoms with Gasteiger partial charge in [0.2, 0.25) is 0 Å². The molecule has 0 heterocycles. The summed E-state index contributed by atoms with van der Waals surface area (Å²) in [6, 6.07) is 3.68. The van der Waals surface area contributed by atoms with Gasteiger partial charge in [-0.1, -0.05) is 18.9 Å². The Morgan fingerprint density at radius 2 is 1.82 bits per heavy atom. The Hall–Kier alpha value is -0.610. The number of benzene rings is 1. The van der Waals surface area contributed by atoms with E-state index in [0.717, 1.165) is 12.8 Å². The third kappa shape index (κ3) is 3.19. The highest BCUT2D eigenvalue weighted by Gasteiger charge is 2.21. The molecule has 1 unspecified atom stereocenters. The van der Waals surface area contributed by atoms with Crippen LogP contribution in [-0.4, -0.2) is 16.1 Å². The second kappa shape index (κ2) is 5.83. The lowest BCUT2D eigenvalue weighted by Crippen LogP contribution is -2.09. The number of hydrogen-bond donors (Lipinski definition) is 1. The monoisotopic (exact) mass is 258 g/mol. The quantitative estimate of drug-likeness (QED) is 0.889. The van der Waals surface area contributed by atoms with Crippen LogP contribution in [0.1, 0.15) is 37.4 Å². The van der Waals surface area contributed by atoms with Crippen LogP contribution >= 0.6 is 11.8 Å². The van der Waals surface area contributed by atoms with Gasteiger partial charge >= 0.3 is 0 Å². The molecule has 1 nitrogen and oxygen atoms in total. The molecule has 94 valence electrons. The molecule has 17 heavy (non-hydrogen) atoms. The molecule has 0 aromatic heterocycles. The normalized spacial score (nSPS) is 18.5. The van der Waals surface area contributed by atoms with Gasteiger partial charge in [-0.25, -0.2) is 8.78 Å². The van der Waals surface area contributed by atoms with Crippen LogP contribution in [0.25, 0.3) is 0 Å². The minimum atomic E-state index is -1.05. The van der Waals surface area contributed by atoms with E-state index in [4.69, 9.17) is 0 Å². The molecule has 1 N–H and O–H groups in total. The highest BCUT2D eigenvalue weighted by Crippen LogP contribution is 2.33. The zero-order valence-electron chi connectivity index (χ0n) is 9.53. The first-order chi connectivity index (χ1) is 8.18. The molecule has 0 radical (unpaired) electrons. The lowest BCUT2D eigenvalue weighted by atomic mass is 10.1. The number of aliphatic hydroxyl groups is 1. The van der Waals surface area contributed by atoms with Crippen LogP contribution in [0.3, 0.4) is 0 Å². The van der Waals surface area contributed by atoms with Crippen molar-refractivity contribution in [2.24, 2.45) is 0 Å². The fourth-order valence-electron chi connectivity index (χ4n) is 2.19. The molecule has 0 aliphatic heterocycles. The van der Waals surface area contributed by atoms with Crippen LogP contribution in [-0.2, 0) is 0 Å². The first-order valence-electron chi connectivity index (χ1n) is 5.92. The summed E-state index contributed by atoms with van der Waals surface area (Å²) in [4.78, 5) is 0. The van der Waals surface area contributed by atoms with Crippen molar-refractivity contribution in [3.63, 3.8) is 0 Å². The summed E-state index contributed by atoms with van der Waals surface area (Å²) in [5, 5.41) is 10.4. The summed E-state index contributed by atoms with van der Waals surface area (Å²) >= 11 is 1.62. The van der Waals surface area contributed by atoms with Crippen LogP contribution in [0.2, 0.25) is 0 Å². The summed E-state index contributed by atoms with van der Waals surface area (Å²) in [6.07, 6.45) is 3.69. The Balaban J connectivity index is 1.96. The van der Waals surface area contributed by atoms with E-state index in [2.05, 4.69) is 0 Å². The van der Waals surface area contributed by atoms with Crippen molar-refractivity contribution in [1.82, 2.24) is 0 Å². The van der Waals surface area contributed by atoms with E-state index >= 15 is 0 Å². The molecule has 1 aromatic carbocycles. The SMILES string of the molecule is OC(CSC1CCCC1)c1c(F)cccc1F. The molecule has 1 aliphatic rings. The van der Waals surface area contributed by atoms with E-state index in [9.17, 15) is 13.9 Å². The Labute approximate surface area is 104 Å². The van der Waals surface area contributed by atoms with Crippen molar-refractivity contribution in [1.29, 1.82) is 0 Å². The maximum absolute atomic E-state index is 13.4. The number of rotatable bonds is 4. The summed E-state index contributed by atoms with van der Waals surface area (Å²) in [6.45, 7) is 0. The van der Waals surface area contributed by atoms with Gasteiger partial charge in [0.25, 0.3) is 0 Å². The second-order valence-corrected chi connectivity index (χ2v) is 5.72. The summed E-state index contributed by atoms with van der Waals surface area (Å²) in [5.74, 6) is -0.961. The van der Waals surface area contributed by atoms with Gasteiger partial charge in [-0.05, 0) is 25.0 Å². The molecule has 1 aromatic rings. The maximum atomic E-state index is 13.4. The molecule has 0 saturated heterocycles. The van der Waals surface area contributed by atoms with Crippen LogP contribution in [0.4, 0.5) is 8.78 Å². The van der Waals surface area contributed by atoms with Crippen LogP contribution in [0.15, 0.2) is 18.2 Å². The van der Waals surface area contributed by atoms with Crippen molar-refractivity contribution >= 4 is 11.8 Å². The summed E-state index contributed by atoms with van der Waals surface area (Å²) in [5.41, 5.74) is -0.196. The zero-order valence-corrected chi connectivity index (χ0v) is 10.4. The fraction of sp³-hybridized carbons (Fsp3) is 0.538. The van der Waals surface area contributed by atoms with Crippen molar-refractivity contribution in [3.05, 3.63) is 35.4 Å². The predicted molar refractivity (Wildman–Crippen MR) is 66.0 cm³/mol. The lowest BCUT2D eigenvalue weighted by Gasteiger charge is -2.15. The van der Waals surface area contributed by atoms with Gasteiger partial charge < -0.3 is 5.11 Å². The van der Waals surface area contributed by atoms with Crippen LogP contribution in [0.5, 0.6) is 0 Å². The molecular weight excluding hydrogens is 242 g/mol. The highest BCUT2D eigenvalue weighted by molar-refractivity contribution is 7.99. The molecule has 1 aliphatic carbocycles. The van der Waals surface area contributed by atoms with Crippen molar-refractivity contribution in [2.45, 2.75) is 37.0 Å². The molecule has 1 fully saturated rings. The molecule has 0 amide bonds. The predicted octanol–water partition coefficient (Wildman–Crippen LogP) is 3.67. The van der Waals surface area contributed by atoms with Gasteiger partial charge in [-0.2, -0.15) is 11.8 Å². The molecule has 4 heteroatoms. The molecule has 0 bridgehead atoms. The Bertz CT molecular complexity index is 357. The Kier molecular flexibility index (Phi) is 4.40. The highest BCUT2D eigenvalue weighted by atomic mass is 32.2. The minimum absolute atomic E-state index is 0.196. The van der Waals surface area contributed by atoms with E-state index in [1.165, 1.54) is 31.0 Å².